The second kappa shape index (κ2) is 7.37. The molecule has 23 heavy (non-hydrogen) atoms. The van der Waals surface area contributed by atoms with Crippen molar-refractivity contribution in [2.75, 3.05) is 5.32 Å². The summed E-state index contributed by atoms with van der Waals surface area (Å²) in [6, 6.07) is 11.9. The molecule has 0 radical (unpaired) electrons. The number of halogens is 1. The van der Waals surface area contributed by atoms with E-state index in [9.17, 15) is 19.7 Å². The smallest absolute Gasteiger partial charge is 0.320 e. The molecular formula is C15H11ClN2O5. The maximum atomic E-state index is 11.8. The molecule has 118 valence electrons. The standard InChI is InChI=1S/C15H11ClN2O5/c16-12-7-6-10(18(21)22)8-13(12)17-14(19)9-15(20)23-11-4-2-1-3-5-11/h1-8H,9H2,(H,17,19). The fraction of sp³-hybridized carbons (Fsp3) is 0.0667. The van der Waals surface area contributed by atoms with Gasteiger partial charge in [-0.25, -0.2) is 0 Å². The summed E-state index contributed by atoms with van der Waals surface area (Å²) in [6.07, 6.45) is -0.548. The fourth-order valence-corrected chi connectivity index (χ4v) is 1.87. The van der Waals surface area contributed by atoms with E-state index in [1.165, 1.54) is 12.1 Å². The first kappa shape index (κ1) is 16.4. The number of benzene rings is 2. The second-order valence-corrected chi connectivity index (χ2v) is 4.84. The van der Waals surface area contributed by atoms with E-state index < -0.39 is 23.2 Å². The quantitative estimate of drug-likeness (QED) is 0.298. The summed E-state index contributed by atoms with van der Waals surface area (Å²) >= 11 is 5.86. The zero-order valence-corrected chi connectivity index (χ0v) is 12.4. The molecule has 0 aliphatic carbocycles. The predicted molar refractivity (Wildman–Crippen MR) is 83.4 cm³/mol. The number of carbonyl (C=O) groups excluding carboxylic acids is 2. The molecule has 0 bridgehead atoms. The molecule has 0 spiro atoms. The number of amides is 1. The van der Waals surface area contributed by atoms with Crippen LogP contribution in [-0.2, 0) is 9.59 Å². The molecule has 2 rings (SSSR count). The van der Waals surface area contributed by atoms with Crippen LogP contribution in [0.2, 0.25) is 5.02 Å². The summed E-state index contributed by atoms with van der Waals surface area (Å²) in [5.41, 5.74) is -0.171. The van der Waals surface area contributed by atoms with Crippen LogP contribution in [0.3, 0.4) is 0 Å². The number of rotatable bonds is 5. The first-order chi connectivity index (χ1) is 11.0. The van der Waals surface area contributed by atoms with Crippen molar-refractivity contribution in [3.8, 4) is 5.75 Å². The molecule has 0 aromatic heterocycles. The lowest BCUT2D eigenvalue weighted by atomic mass is 10.2. The van der Waals surface area contributed by atoms with E-state index in [2.05, 4.69) is 5.32 Å². The number of nitro benzene ring substituents is 1. The molecular weight excluding hydrogens is 324 g/mol. The molecule has 0 heterocycles. The van der Waals surface area contributed by atoms with Crippen LogP contribution < -0.4 is 10.1 Å². The number of anilines is 1. The number of nitrogens with one attached hydrogen (secondary N) is 1. The molecule has 0 saturated carbocycles. The highest BCUT2D eigenvalue weighted by Gasteiger charge is 2.15. The summed E-state index contributed by atoms with van der Waals surface area (Å²) in [5, 5.41) is 13.2. The zero-order valence-electron chi connectivity index (χ0n) is 11.7. The van der Waals surface area contributed by atoms with Crippen molar-refractivity contribution in [2.24, 2.45) is 0 Å². The van der Waals surface area contributed by atoms with Crippen LogP contribution in [-0.4, -0.2) is 16.8 Å². The Hall–Kier alpha value is -2.93. The van der Waals surface area contributed by atoms with Gasteiger partial charge in [-0.2, -0.15) is 0 Å². The number of hydrogen-bond donors (Lipinski definition) is 1. The van der Waals surface area contributed by atoms with Gasteiger partial charge >= 0.3 is 5.97 Å². The van der Waals surface area contributed by atoms with E-state index in [0.717, 1.165) is 6.07 Å². The molecule has 0 aliphatic rings. The molecule has 1 amide bonds. The molecule has 0 fully saturated rings. The van der Waals surface area contributed by atoms with Crippen LogP contribution in [0.5, 0.6) is 5.75 Å². The van der Waals surface area contributed by atoms with E-state index in [1.54, 1.807) is 30.3 Å². The van der Waals surface area contributed by atoms with Crippen LogP contribution in [0, 0.1) is 10.1 Å². The van der Waals surface area contributed by atoms with Crippen LogP contribution in [0.1, 0.15) is 6.42 Å². The molecule has 2 aromatic rings. The van der Waals surface area contributed by atoms with Crippen molar-refractivity contribution in [3.05, 3.63) is 63.7 Å². The lowest BCUT2D eigenvalue weighted by Crippen LogP contribution is -2.20. The SMILES string of the molecule is O=C(CC(=O)Oc1ccccc1)Nc1cc([N+](=O)[O-])ccc1Cl. The number of hydrogen-bond acceptors (Lipinski definition) is 5. The maximum Gasteiger partial charge on any atom is 0.320 e. The molecule has 7 nitrogen and oxygen atoms in total. The Kier molecular flexibility index (Phi) is 5.27. The molecule has 0 saturated heterocycles. The highest BCUT2D eigenvalue weighted by Crippen LogP contribution is 2.26. The Morgan fingerprint density at radius 3 is 2.52 bits per heavy atom. The number of non-ortho nitro benzene ring substituents is 1. The monoisotopic (exact) mass is 334 g/mol. The summed E-state index contributed by atoms with van der Waals surface area (Å²) in [5.74, 6) is -1.12. The summed E-state index contributed by atoms with van der Waals surface area (Å²) < 4.78 is 4.97. The topological polar surface area (TPSA) is 98.5 Å². The summed E-state index contributed by atoms with van der Waals surface area (Å²) in [6.45, 7) is 0. The van der Waals surface area contributed by atoms with Crippen molar-refractivity contribution >= 4 is 34.9 Å². The Labute approximate surface area is 136 Å². The van der Waals surface area contributed by atoms with Crippen molar-refractivity contribution in [1.29, 1.82) is 0 Å². The average Bonchev–Trinajstić information content (AvgIpc) is 2.50. The minimum Gasteiger partial charge on any atom is -0.426 e. The van der Waals surface area contributed by atoms with Gasteiger partial charge in [0.2, 0.25) is 5.91 Å². The Morgan fingerprint density at radius 2 is 1.87 bits per heavy atom. The van der Waals surface area contributed by atoms with Crippen molar-refractivity contribution in [2.45, 2.75) is 6.42 Å². The van der Waals surface area contributed by atoms with Crippen molar-refractivity contribution < 1.29 is 19.2 Å². The van der Waals surface area contributed by atoms with Gasteiger partial charge in [-0.1, -0.05) is 29.8 Å². The van der Waals surface area contributed by atoms with Gasteiger partial charge in [0.05, 0.1) is 15.6 Å². The van der Waals surface area contributed by atoms with Gasteiger partial charge < -0.3 is 10.1 Å². The third-order valence-electron chi connectivity index (χ3n) is 2.71. The van der Waals surface area contributed by atoms with Gasteiger partial charge in [-0.15, -0.1) is 0 Å². The molecule has 0 unspecified atom stereocenters. The Bertz CT molecular complexity index is 749. The van der Waals surface area contributed by atoms with Gasteiger partial charge in [0.15, 0.2) is 0 Å². The molecule has 0 atom stereocenters. The first-order valence-corrected chi connectivity index (χ1v) is 6.83. The van der Waals surface area contributed by atoms with Crippen LogP contribution in [0.15, 0.2) is 48.5 Å². The van der Waals surface area contributed by atoms with Crippen molar-refractivity contribution in [3.63, 3.8) is 0 Å². The fourth-order valence-electron chi connectivity index (χ4n) is 1.70. The Morgan fingerprint density at radius 1 is 1.17 bits per heavy atom. The minimum atomic E-state index is -0.754. The van der Waals surface area contributed by atoms with Crippen LogP contribution in [0.25, 0.3) is 0 Å². The zero-order chi connectivity index (χ0) is 16.8. The van der Waals surface area contributed by atoms with Gasteiger partial charge in [0.25, 0.3) is 5.69 Å². The Balaban J connectivity index is 1.98. The largest absolute Gasteiger partial charge is 0.426 e. The van der Waals surface area contributed by atoms with E-state index in [1.807, 2.05) is 0 Å². The van der Waals surface area contributed by atoms with E-state index in [4.69, 9.17) is 16.3 Å². The summed E-state index contributed by atoms with van der Waals surface area (Å²) in [4.78, 5) is 33.5. The number of nitrogens with zero attached hydrogens (tertiary/aromatic N) is 1. The number of nitro groups is 1. The van der Waals surface area contributed by atoms with Gasteiger partial charge in [0.1, 0.15) is 12.2 Å². The predicted octanol–water partition coefficient (Wildman–Crippen LogP) is 3.18. The van der Waals surface area contributed by atoms with E-state index >= 15 is 0 Å². The number of para-hydroxylation sites is 1. The van der Waals surface area contributed by atoms with E-state index in [0.29, 0.717) is 5.75 Å². The number of ether oxygens (including phenoxy) is 1. The highest BCUT2D eigenvalue weighted by atomic mass is 35.5. The molecule has 0 aliphatic heterocycles. The third-order valence-corrected chi connectivity index (χ3v) is 3.04. The van der Waals surface area contributed by atoms with Gasteiger partial charge in [-0.3, -0.25) is 19.7 Å². The van der Waals surface area contributed by atoms with Gasteiger partial charge in [-0.05, 0) is 18.2 Å². The summed E-state index contributed by atoms with van der Waals surface area (Å²) in [7, 11) is 0. The third kappa shape index (κ3) is 4.79. The second-order valence-electron chi connectivity index (χ2n) is 4.43. The molecule has 8 heteroatoms. The normalized spacial score (nSPS) is 9.96. The number of esters is 1. The molecule has 1 N–H and O–H groups in total. The van der Waals surface area contributed by atoms with Gasteiger partial charge in [0, 0.05) is 12.1 Å². The van der Waals surface area contributed by atoms with Crippen molar-refractivity contribution in [1.82, 2.24) is 0 Å². The first-order valence-electron chi connectivity index (χ1n) is 6.45. The number of carbonyl (C=O) groups is 2. The highest BCUT2D eigenvalue weighted by molar-refractivity contribution is 6.33. The minimum absolute atomic E-state index is 0.0541. The van der Waals surface area contributed by atoms with Crippen LogP contribution in [0.4, 0.5) is 11.4 Å². The lowest BCUT2D eigenvalue weighted by molar-refractivity contribution is -0.384. The van der Waals surface area contributed by atoms with Crippen LogP contribution >= 0.6 is 11.6 Å². The average molecular weight is 335 g/mol. The van der Waals surface area contributed by atoms with E-state index in [-0.39, 0.29) is 16.4 Å². The molecule has 2 aromatic carbocycles. The lowest BCUT2D eigenvalue weighted by Gasteiger charge is -2.07. The maximum absolute atomic E-state index is 11.8.